The van der Waals surface area contributed by atoms with Gasteiger partial charge in [0.05, 0.1) is 6.54 Å². The first-order valence-corrected chi connectivity index (χ1v) is 10.1. The summed E-state index contributed by atoms with van der Waals surface area (Å²) in [5, 5.41) is 16.2. The number of nitrogens with one attached hydrogen (secondary N) is 3. The summed E-state index contributed by atoms with van der Waals surface area (Å²) < 4.78 is 9.80. The van der Waals surface area contributed by atoms with Crippen LogP contribution in [0.4, 0.5) is 4.79 Å². The van der Waals surface area contributed by atoms with E-state index in [2.05, 4.69) is 16.0 Å². The summed E-state index contributed by atoms with van der Waals surface area (Å²) in [6, 6.07) is 6.07. The molecular formula is C21H30N4O8. The van der Waals surface area contributed by atoms with Gasteiger partial charge in [-0.2, -0.15) is 0 Å². The minimum absolute atomic E-state index is 0.0876. The molecule has 33 heavy (non-hydrogen) atoms. The molecule has 0 saturated carbocycles. The predicted octanol–water partition coefficient (Wildman–Crippen LogP) is -0.690. The zero-order valence-electron chi connectivity index (χ0n) is 18.8. The Morgan fingerprint density at radius 3 is 2.21 bits per heavy atom. The van der Waals surface area contributed by atoms with E-state index in [1.165, 1.54) is 0 Å². The number of esters is 1. The van der Waals surface area contributed by atoms with Crippen LogP contribution in [0.3, 0.4) is 0 Å². The zero-order chi connectivity index (χ0) is 25.0. The highest BCUT2D eigenvalue weighted by atomic mass is 16.6. The molecule has 1 aromatic rings. The van der Waals surface area contributed by atoms with E-state index in [9.17, 15) is 29.1 Å². The summed E-state index contributed by atoms with van der Waals surface area (Å²) in [5.74, 6) is -3.79. The molecule has 0 heterocycles. The number of alkyl carbamates (subject to hydrolysis) is 1. The maximum atomic E-state index is 12.7. The number of aliphatic carboxylic acids is 1. The summed E-state index contributed by atoms with van der Waals surface area (Å²) in [4.78, 5) is 59.3. The summed E-state index contributed by atoms with van der Waals surface area (Å²) >= 11 is 0. The van der Waals surface area contributed by atoms with Crippen LogP contribution in [-0.2, 0) is 35.1 Å². The topological polar surface area (TPSA) is 186 Å². The molecule has 12 nitrogen and oxygen atoms in total. The van der Waals surface area contributed by atoms with Crippen molar-refractivity contribution in [2.24, 2.45) is 5.73 Å². The zero-order valence-corrected chi connectivity index (χ0v) is 18.8. The van der Waals surface area contributed by atoms with Crippen molar-refractivity contribution in [2.75, 3.05) is 19.7 Å². The molecule has 12 heteroatoms. The SMILES string of the molecule is CC(C)(C)OC(=O)NCC(=O)OC[C@H](NC(=O)[C@H](Cc1ccccc1)NC(=O)CN)C(=O)O. The minimum atomic E-state index is -1.59. The summed E-state index contributed by atoms with van der Waals surface area (Å²) in [7, 11) is 0. The highest BCUT2D eigenvalue weighted by Gasteiger charge is 2.28. The van der Waals surface area contributed by atoms with E-state index >= 15 is 0 Å². The van der Waals surface area contributed by atoms with Crippen molar-refractivity contribution in [1.82, 2.24) is 16.0 Å². The first-order chi connectivity index (χ1) is 15.4. The number of hydrogen-bond acceptors (Lipinski definition) is 8. The number of carboxylic acids is 1. The Kier molecular flexibility index (Phi) is 10.8. The standard InChI is InChI=1S/C21H30N4O8/c1-21(2,3)33-20(31)23-11-17(27)32-12-15(19(29)30)25-18(28)14(24-16(26)10-22)9-13-7-5-4-6-8-13/h4-8,14-15H,9-12,22H2,1-3H3,(H,23,31)(H,24,26)(H,25,28)(H,29,30)/t14-,15-/m0/s1. The lowest BCUT2D eigenvalue weighted by molar-refractivity contribution is -0.150. The van der Waals surface area contributed by atoms with E-state index in [0.717, 1.165) is 5.56 Å². The Morgan fingerprint density at radius 1 is 1.03 bits per heavy atom. The fraction of sp³-hybridized carbons (Fsp3) is 0.476. The van der Waals surface area contributed by atoms with Crippen molar-refractivity contribution < 1.29 is 38.6 Å². The minimum Gasteiger partial charge on any atom is -0.480 e. The molecule has 6 N–H and O–H groups in total. The van der Waals surface area contributed by atoms with E-state index in [1.54, 1.807) is 51.1 Å². The van der Waals surface area contributed by atoms with Gasteiger partial charge in [0.2, 0.25) is 11.8 Å². The monoisotopic (exact) mass is 466 g/mol. The third kappa shape index (κ3) is 11.5. The van der Waals surface area contributed by atoms with Gasteiger partial charge in [-0.05, 0) is 26.3 Å². The predicted molar refractivity (Wildman–Crippen MR) is 116 cm³/mol. The first-order valence-electron chi connectivity index (χ1n) is 10.1. The van der Waals surface area contributed by atoms with Gasteiger partial charge in [-0.1, -0.05) is 30.3 Å². The van der Waals surface area contributed by atoms with Crippen LogP contribution in [0.5, 0.6) is 0 Å². The van der Waals surface area contributed by atoms with Gasteiger partial charge in [-0.15, -0.1) is 0 Å². The van der Waals surface area contributed by atoms with Gasteiger partial charge in [-0.25, -0.2) is 9.59 Å². The molecule has 0 saturated heterocycles. The van der Waals surface area contributed by atoms with E-state index in [1.807, 2.05) is 0 Å². The normalized spacial score (nSPS) is 12.6. The fourth-order valence-electron chi connectivity index (χ4n) is 2.45. The van der Waals surface area contributed by atoms with Crippen molar-refractivity contribution in [3.8, 4) is 0 Å². The Labute approximate surface area is 191 Å². The molecule has 0 aliphatic rings. The van der Waals surface area contributed by atoms with Crippen molar-refractivity contribution >= 4 is 29.8 Å². The molecule has 1 rings (SSSR count). The lowest BCUT2D eigenvalue weighted by Crippen LogP contribution is -2.54. The van der Waals surface area contributed by atoms with Gasteiger partial charge >= 0.3 is 18.0 Å². The number of amides is 3. The molecule has 0 aliphatic heterocycles. The second-order valence-corrected chi connectivity index (χ2v) is 7.95. The Bertz CT molecular complexity index is 838. The smallest absolute Gasteiger partial charge is 0.408 e. The van der Waals surface area contributed by atoms with Crippen LogP contribution >= 0.6 is 0 Å². The van der Waals surface area contributed by atoms with Crippen LogP contribution < -0.4 is 21.7 Å². The van der Waals surface area contributed by atoms with Crippen LogP contribution in [0, 0.1) is 0 Å². The average Bonchev–Trinajstić information content (AvgIpc) is 2.73. The number of rotatable bonds is 11. The number of hydrogen-bond donors (Lipinski definition) is 5. The van der Waals surface area contributed by atoms with Gasteiger partial charge < -0.3 is 36.3 Å². The van der Waals surface area contributed by atoms with E-state index in [0.29, 0.717) is 0 Å². The quantitative estimate of drug-likeness (QED) is 0.263. The molecule has 3 amide bonds. The average molecular weight is 466 g/mol. The molecule has 2 atom stereocenters. The molecule has 182 valence electrons. The van der Waals surface area contributed by atoms with Gasteiger partial charge in [0, 0.05) is 6.42 Å². The van der Waals surface area contributed by atoms with Gasteiger partial charge in [0.15, 0.2) is 6.04 Å². The van der Waals surface area contributed by atoms with Gasteiger partial charge in [0.25, 0.3) is 0 Å². The van der Waals surface area contributed by atoms with Crippen molar-refractivity contribution in [1.29, 1.82) is 0 Å². The lowest BCUT2D eigenvalue weighted by atomic mass is 10.0. The van der Waals surface area contributed by atoms with Crippen molar-refractivity contribution in [2.45, 2.75) is 44.9 Å². The molecule has 0 spiro atoms. The Hall–Kier alpha value is -3.67. The molecule has 0 unspecified atom stereocenters. The third-order valence-corrected chi connectivity index (χ3v) is 3.92. The first kappa shape index (κ1) is 27.4. The highest BCUT2D eigenvalue weighted by Crippen LogP contribution is 2.06. The van der Waals surface area contributed by atoms with E-state index in [4.69, 9.17) is 15.2 Å². The number of nitrogens with two attached hydrogens (primary N) is 1. The summed E-state index contributed by atoms with van der Waals surface area (Å²) in [5.41, 5.74) is 5.26. The van der Waals surface area contributed by atoms with E-state index in [-0.39, 0.29) is 13.0 Å². The third-order valence-electron chi connectivity index (χ3n) is 3.92. The lowest BCUT2D eigenvalue weighted by Gasteiger charge is -2.21. The maximum Gasteiger partial charge on any atom is 0.408 e. The van der Waals surface area contributed by atoms with Crippen LogP contribution in [0.2, 0.25) is 0 Å². The molecule has 1 aromatic carbocycles. The molecule has 0 aromatic heterocycles. The maximum absolute atomic E-state index is 12.7. The van der Waals surface area contributed by atoms with Crippen LogP contribution in [-0.4, -0.2) is 72.3 Å². The largest absolute Gasteiger partial charge is 0.480 e. The highest BCUT2D eigenvalue weighted by molar-refractivity contribution is 5.91. The second kappa shape index (κ2) is 13.0. The molecule has 0 fully saturated rings. The number of benzene rings is 1. The summed E-state index contributed by atoms with van der Waals surface area (Å²) in [6.45, 7) is 3.32. The number of carbonyl (C=O) groups excluding carboxylic acids is 4. The van der Waals surface area contributed by atoms with Crippen molar-refractivity contribution in [3.05, 3.63) is 35.9 Å². The van der Waals surface area contributed by atoms with Gasteiger partial charge in [0.1, 0.15) is 24.8 Å². The number of carbonyl (C=O) groups is 5. The van der Waals surface area contributed by atoms with Crippen LogP contribution in [0.1, 0.15) is 26.3 Å². The van der Waals surface area contributed by atoms with Crippen LogP contribution in [0.15, 0.2) is 30.3 Å². The molecule has 0 radical (unpaired) electrons. The second-order valence-electron chi connectivity index (χ2n) is 7.95. The molecule has 0 bridgehead atoms. The van der Waals surface area contributed by atoms with Crippen molar-refractivity contribution in [3.63, 3.8) is 0 Å². The Morgan fingerprint density at radius 2 is 1.67 bits per heavy atom. The van der Waals surface area contributed by atoms with Crippen LogP contribution in [0.25, 0.3) is 0 Å². The number of carboxylic acid groups (broad SMARTS) is 1. The number of ether oxygens (including phenoxy) is 2. The molecular weight excluding hydrogens is 436 g/mol. The Balaban J connectivity index is 2.68. The summed E-state index contributed by atoms with van der Waals surface area (Å²) in [6.07, 6.45) is -0.758. The molecule has 0 aliphatic carbocycles. The van der Waals surface area contributed by atoms with Gasteiger partial charge in [-0.3, -0.25) is 14.4 Å². The van der Waals surface area contributed by atoms with E-state index < -0.39 is 60.7 Å². The fourth-order valence-corrected chi connectivity index (χ4v) is 2.45.